The van der Waals surface area contributed by atoms with Gasteiger partial charge in [-0.25, -0.2) is 0 Å². The van der Waals surface area contributed by atoms with Crippen molar-refractivity contribution >= 4 is 17.3 Å². The van der Waals surface area contributed by atoms with E-state index in [1.807, 2.05) is 0 Å². The molecule has 0 radical (unpaired) electrons. The first kappa shape index (κ1) is 17.8. The number of carbonyl (C=O) groups excluding carboxylic acids is 3. The number of fused-ring (bicyclic) bond motifs is 1. The highest BCUT2D eigenvalue weighted by molar-refractivity contribution is 6.30. The Morgan fingerprint density at radius 1 is 0.962 bits per heavy atom. The molecule has 0 unspecified atom stereocenters. The third-order valence-corrected chi connectivity index (χ3v) is 4.15. The first-order valence-corrected chi connectivity index (χ1v) is 7.72. The SMILES string of the molecule is COc1ccc(C(=O)COC2(O)C(=O)c3ccccc3C2=O)cc1OC. The van der Waals surface area contributed by atoms with Gasteiger partial charge in [0.2, 0.25) is 11.6 Å². The number of benzene rings is 2. The lowest BCUT2D eigenvalue weighted by atomic mass is 10.1. The van der Waals surface area contributed by atoms with Crippen molar-refractivity contribution in [3.05, 3.63) is 59.2 Å². The molecule has 0 heterocycles. The molecule has 7 heteroatoms. The average Bonchev–Trinajstić information content (AvgIpc) is 2.87. The normalized spacial score (nSPS) is 14.9. The standard InChI is InChI=1S/C19H16O7/c1-24-15-8-7-11(9-16(15)25-2)14(20)10-26-19(23)17(21)12-5-3-4-6-13(12)18(19)22/h3-9,23H,10H2,1-2H3. The van der Waals surface area contributed by atoms with Crippen LogP contribution in [0.2, 0.25) is 0 Å². The van der Waals surface area contributed by atoms with E-state index >= 15 is 0 Å². The number of methoxy groups -OCH3 is 2. The minimum atomic E-state index is -2.68. The summed E-state index contributed by atoms with van der Waals surface area (Å²) >= 11 is 0. The van der Waals surface area contributed by atoms with E-state index in [0.717, 1.165) is 0 Å². The second-order valence-corrected chi connectivity index (χ2v) is 5.63. The molecule has 26 heavy (non-hydrogen) atoms. The molecule has 7 nitrogen and oxygen atoms in total. The Morgan fingerprint density at radius 3 is 2.08 bits per heavy atom. The lowest BCUT2D eigenvalue weighted by Gasteiger charge is -2.19. The summed E-state index contributed by atoms with van der Waals surface area (Å²) in [6.07, 6.45) is 0. The van der Waals surface area contributed by atoms with Gasteiger partial charge >= 0.3 is 0 Å². The Bertz CT molecular complexity index is 866. The molecule has 0 amide bonds. The molecular formula is C19H16O7. The van der Waals surface area contributed by atoms with Gasteiger partial charge in [0.05, 0.1) is 14.2 Å². The number of hydrogen-bond acceptors (Lipinski definition) is 7. The van der Waals surface area contributed by atoms with Crippen LogP contribution in [0, 0.1) is 0 Å². The maximum Gasteiger partial charge on any atom is 0.297 e. The topological polar surface area (TPSA) is 99.1 Å². The predicted molar refractivity (Wildman–Crippen MR) is 89.9 cm³/mol. The Hall–Kier alpha value is -3.03. The highest BCUT2D eigenvalue weighted by Crippen LogP contribution is 2.32. The smallest absolute Gasteiger partial charge is 0.297 e. The largest absolute Gasteiger partial charge is 0.493 e. The van der Waals surface area contributed by atoms with Crippen molar-refractivity contribution in [2.75, 3.05) is 20.8 Å². The zero-order chi connectivity index (χ0) is 18.9. The van der Waals surface area contributed by atoms with Gasteiger partial charge in [0.15, 0.2) is 17.3 Å². The van der Waals surface area contributed by atoms with Crippen LogP contribution in [0.3, 0.4) is 0 Å². The maximum atomic E-state index is 12.3. The first-order valence-electron chi connectivity index (χ1n) is 7.72. The van der Waals surface area contributed by atoms with E-state index in [0.29, 0.717) is 11.5 Å². The minimum absolute atomic E-state index is 0.0681. The Balaban J connectivity index is 1.78. The third kappa shape index (κ3) is 2.77. The Kier molecular flexibility index (Phi) is 4.58. The number of rotatable bonds is 6. The van der Waals surface area contributed by atoms with Crippen molar-refractivity contribution in [1.82, 2.24) is 0 Å². The lowest BCUT2D eigenvalue weighted by Crippen LogP contribution is -2.45. The summed E-state index contributed by atoms with van der Waals surface area (Å²) in [5.41, 5.74) is 0.360. The number of carbonyl (C=O) groups is 3. The van der Waals surface area contributed by atoms with E-state index < -0.39 is 29.7 Å². The van der Waals surface area contributed by atoms with E-state index in [2.05, 4.69) is 0 Å². The van der Waals surface area contributed by atoms with E-state index in [1.54, 1.807) is 18.2 Å². The molecule has 2 aromatic rings. The van der Waals surface area contributed by atoms with Crippen molar-refractivity contribution < 1.29 is 33.7 Å². The van der Waals surface area contributed by atoms with E-state index in [9.17, 15) is 19.5 Å². The van der Waals surface area contributed by atoms with Crippen LogP contribution in [0.1, 0.15) is 31.1 Å². The van der Waals surface area contributed by atoms with Gasteiger partial charge in [0.1, 0.15) is 6.61 Å². The second-order valence-electron chi connectivity index (χ2n) is 5.63. The van der Waals surface area contributed by atoms with Crippen molar-refractivity contribution in [1.29, 1.82) is 0 Å². The van der Waals surface area contributed by atoms with Crippen molar-refractivity contribution in [3.63, 3.8) is 0 Å². The Labute approximate surface area is 149 Å². The molecule has 2 aromatic carbocycles. The molecule has 0 aliphatic heterocycles. The summed E-state index contributed by atoms with van der Waals surface area (Å²) < 4.78 is 15.3. The van der Waals surface area contributed by atoms with Gasteiger partial charge in [-0.15, -0.1) is 0 Å². The second kappa shape index (κ2) is 6.70. The predicted octanol–water partition coefficient (Wildman–Crippen LogP) is 1.67. The highest BCUT2D eigenvalue weighted by Gasteiger charge is 2.53. The quantitative estimate of drug-likeness (QED) is 0.477. The van der Waals surface area contributed by atoms with Crippen LogP contribution in [0.15, 0.2) is 42.5 Å². The molecule has 0 spiro atoms. The van der Waals surface area contributed by atoms with Crippen LogP contribution in [-0.2, 0) is 4.74 Å². The number of ketones is 3. The highest BCUT2D eigenvalue weighted by atomic mass is 16.6. The van der Waals surface area contributed by atoms with Crippen LogP contribution >= 0.6 is 0 Å². The van der Waals surface area contributed by atoms with E-state index in [4.69, 9.17) is 14.2 Å². The van der Waals surface area contributed by atoms with Gasteiger partial charge in [-0.05, 0) is 18.2 Å². The fraction of sp³-hybridized carbons (Fsp3) is 0.211. The number of ether oxygens (including phenoxy) is 3. The van der Waals surface area contributed by atoms with Crippen molar-refractivity contribution in [2.45, 2.75) is 5.79 Å². The lowest BCUT2D eigenvalue weighted by molar-refractivity contribution is -0.123. The summed E-state index contributed by atoms with van der Waals surface area (Å²) in [7, 11) is 2.89. The minimum Gasteiger partial charge on any atom is -0.493 e. The summed E-state index contributed by atoms with van der Waals surface area (Å²) in [5, 5.41) is 10.4. The molecule has 1 N–H and O–H groups in total. The molecule has 0 bridgehead atoms. The Morgan fingerprint density at radius 2 is 1.54 bits per heavy atom. The molecule has 0 saturated heterocycles. The molecule has 0 saturated carbocycles. The van der Waals surface area contributed by atoms with Crippen LogP contribution in [0.5, 0.6) is 11.5 Å². The van der Waals surface area contributed by atoms with Gasteiger partial charge in [-0.2, -0.15) is 0 Å². The molecule has 1 aliphatic carbocycles. The van der Waals surface area contributed by atoms with Crippen molar-refractivity contribution in [2.24, 2.45) is 0 Å². The summed E-state index contributed by atoms with van der Waals surface area (Å²) in [6, 6.07) is 10.5. The number of aliphatic hydroxyl groups is 1. The summed E-state index contributed by atoms with van der Waals surface area (Å²) in [5.74, 6) is -4.18. The fourth-order valence-corrected chi connectivity index (χ4v) is 2.74. The van der Waals surface area contributed by atoms with Crippen molar-refractivity contribution in [3.8, 4) is 11.5 Å². The maximum absolute atomic E-state index is 12.3. The van der Waals surface area contributed by atoms with Crippen LogP contribution in [0.4, 0.5) is 0 Å². The molecule has 0 fully saturated rings. The molecule has 3 rings (SSSR count). The zero-order valence-corrected chi connectivity index (χ0v) is 14.1. The van der Waals surface area contributed by atoms with Gasteiger partial charge in [0, 0.05) is 16.7 Å². The van der Waals surface area contributed by atoms with Crippen LogP contribution < -0.4 is 9.47 Å². The van der Waals surface area contributed by atoms with Gasteiger partial charge in [-0.3, -0.25) is 14.4 Å². The molecular weight excluding hydrogens is 340 g/mol. The van der Waals surface area contributed by atoms with Gasteiger partial charge in [-0.1, -0.05) is 24.3 Å². The van der Waals surface area contributed by atoms with E-state index in [1.165, 1.54) is 38.5 Å². The number of hydrogen-bond donors (Lipinski definition) is 1. The van der Waals surface area contributed by atoms with Crippen LogP contribution in [-0.4, -0.2) is 49.1 Å². The summed E-state index contributed by atoms with van der Waals surface area (Å²) in [4.78, 5) is 37.0. The molecule has 1 aliphatic rings. The van der Waals surface area contributed by atoms with Gasteiger partial charge < -0.3 is 19.3 Å². The summed E-state index contributed by atoms with van der Waals surface area (Å²) in [6.45, 7) is -0.655. The number of Topliss-reactive ketones (excluding diaryl/α,β-unsaturated/α-hetero) is 3. The zero-order valence-electron chi connectivity index (χ0n) is 14.1. The monoisotopic (exact) mass is 356 g/mol. The molecule has 0 atom stereocenters. The van der Waals surface area contributed by atoms with Gasteiger partial charge in [0.25, 0.3) is 5.79 Å². The first-order chi connectivity index (χ1) is 12.4. The average molecular weight is 356 g/mol. The van der Waals surface area contributed by atoms with E-state index in [-0.39, 0.29) is 16.7 Å². The third-order valence-electron chi connectivity index (χ3n) is 4.15. The molecule has 134 valence electrons. The fourth-order valence-electron chi connectivity index (χ4n) is 2.74. The molecule has 0 aromatic heterocycles. The van der Waals surface area contributed by atoms with Crippen LogP contribution in [0.25, 0.3) is 0 Å².